The van der Waals surface area contributed by atoms with Gasteiger partial charge in [0.25, 0.3) is 0 Å². The van der Waals surface area contributed by atoms with E-state index in [1.165, 1.54) is 0 Å². The Morgan fingerprint density at radius 3 is 2.47 bits per heavy atom. The molecule has 2 aromatic heterocycles. The molecule has 0 saturated carbocycles. The maximum atomic E-state index is 4.53. The zero-order valence-electron chi connectivity index (χ0n) is 9.60. The van der Waals surface area contributed by atoms with E-state index < -0.39 is 0 Å². The molecular formula is C11H16N4. The molecule has 15 heavy (non-hydrogen) atoms. The molecule has 0 aromatic carbocycles. The van der Waals surface area contributed by atoms with Gasteiger partial charge in [0.2, 0.25) is 0 Å². The summed E-state index contributed by atoms with van der Waals surface area (Å²) in [6, 6.07) is 0.360. The molecule has 0 fully saturated rings. The average Bonchev–Trinajstić information content (AvgIpc) is 2.60. The summed E-state index contributed by atoms with van der Waals surface area (Å²) in [5.41, 5.74) is 2.89. The van der Waals surface area contributed by atoms with Gasteiger partial charge in [-0.25, -0.2) is 9.97 Å². The van der Waals surface area contributed by atoms with E-state index in [1.807, 2.05) is 10.9 Å². The highest BCUT2D eigenvalue weighted by Crippen LogP contribution is 2.21. The molecule has 0 spiro atoms. The summed E-state index contributed by atoms with van der Waals surface area (Å²) < 4.78 is 1.94. The van der Waals surface area contributed by atoms with Crippen LogP contribution in [0.3, 0.4) is 0 Å². The minimum atomic E-state index is 0.360. The smallest absolute Gasteiger partial charge is 0.133 e. The lowest BCUT2D eigenvalue weighted by molar-refractivity contribution is 0.536. The van der Waals surface area contributed by atoms with E-state index >= 15 is 0 Å². The molecule has 0 amide bonds. The highest BCUT2D eigenvalue weighted by Gasteiger charge is 2.12. The van der Waals surface area contributed by atoms with Crippen LogP contribution in [0, 0.1) is 0 Å². The summed E-state index contributed by atoms with van der Waals surface area (Å²) in [5, 5.41) is 4.53. The van der Waals surface area contributed by atoms with E-state index in [-0.39, 0.29) is 0 Å². The normalized spacial score (nSPS) is 11.9. The first-order chi connectivity index (χ1) is 7.09. The van der Waals surface area contributed by atoms with E-state index in [0.29, 0.717) is 12.0 Å². The van der Waals surface area contributed by atoms with Crippen molar-refractivity contribution < 1.29 is 0 Å². The van der Waals surface area contributed by atoms with Gasteiger partial charge in [-0.05, 0) is 19.8 Å². The molecule has 0 aliphatic carbocycles. The van der Waals surface area contributed by atoms with Crippen LogP contribution in [0.5, 0.6) is 0 Å². The Hall–Kier alpha value is -1.45. The molecule has 0 bridgehead atoms. The minimum absolute atomic E-state index is 0.360. The molecule has 4 nitrogen and oxygen atoms in total. The van der Waals surface area contributed by atoms with Gasteiger partial charge in [0.05, 0.1) is 11.9 Å². The van der Waals surface area contributed by atoms with Gasteiger partial charge in [0.1, 0.15) is 17.4 Å². The van der Waals surface area contributed by atoms with Gasteiger partial charge >= 0.3 is 0 Å². The van der Waals surface area contributed by atoms with Crippen LogP contribution in [0.4, 0.5) is 0 Å². The third-order valence-corrected chi connectivity index (χ3v) is 2.42. The summed E-state index contributed by atoms with van der Waals surface area (Å²) in [6.07, 6.45) is 3.59. The lowest BCUT2D eigenvalue weighted by atomic mass is 10.1. The number of hydrogen-bond acceptors (Lipinski definition) is 3. The number of hydrogen-bond donors (Lipinski definition) is 0. The molecule has 2 rings (SSSR count). The Kier molecular flexibility index (Phi) is 2.42. The third kappa shape index (κ3) is 1.71. The Morgan fingerprint density at radius 2 is 1.87 bits per heavy atom. The molecule has 0 N–H and O–H groups in total. The van der Waals surface area contributed by atoms with Crippen molar-refractivity contribution in [1.29, 1.82) is 0 Å². The van der Waals surface area contributed by atoms with Crippen LogP contribution in [0.25, 0.3) is 11.0 Å². The molecule has 0 unspecified atom stereocenters. The van der Waals surface area contributed by atoms with Crippen molar-refractivity contribution in [3.8, 4) is 0 Å². The van der Waals surface area contributed by atoms with Gasteiger partial charge in [-0.15, -0.1) is 0 Å². The van der Waals surface area contributed by atoms with E-state index in [4.69, 9.17) is 0 Å². The Morgan fingerprint density at radius 1 is 1.13 bits per heavy atom. The second-order valence-corrected chi connectivity index (χ2v) is 4.35. The maximum absolute atomic E-state index is 4.53. The Labute approximate surface area is 89.3 Å². The minimum Gasteiger partial charge on any atom is -0.267 e. The molecule has 4 heteroatoms. The van der Waals surface area contributed by atoms with Gasteiger partial charge in [-0.1, -0.05) is 13.8 Å². The molecule has 0 aliphatic heterocycles. The summed E-state index contributed by atoms with van der Waals surface area (Å²) in [4.78, 5) is 8.52. The van der Waals surface area contributed by atoms with Crippen LogP contribution < -0.4 is 0 Å². The molecule has 0 aliphatic rings. The number of nitrogens with zero attached hydrogens (tertiary/aromatic N) is 4. The lowest BCUT2D eigenvalue weighted by Crippen LogP contribution is -2.01. The molecule has 0 radical (unpaired) electrons. The summed E-state index contributed by atoms with van der Waals surface area (Å²) in [6.45, 7) is 8.45. The first-order valence-corrected chi connectivity index (χ1v) is 5.29. The van der Waals surface area contributed by atoms with E-state index in [9.17, 15) is 0 Å². The summed E-state index contributed by atoms with van der Waals surface area (Å²) in [5.74, 6) is 0.381. The quantitative estimate of drug-likeness (QED) is 0.755. The SMILES string of the molecule is CC(C)c1ncnc2cn(C(C)C)nc12. The average molecular weight is 204 g/mol. The Balaban J connectivity index is 2.64. The number of aromatic nitrogens is 4. The van der Waals surface area contributed by atoms with Crippen LogP contribution in [0.15, 0.2) is 12.5 Å². The molecule has 2 aromatic rings. The van der Waals surface area contributed by atoms with Gasteiger partial charge in [0.15, 0.2) is 0 Å². The predicted octanol–water partition coefficient (Wildman–Crippen LogP) is 2.53. The second kappa shape index (κ2) is 3.61. The largest absolute Gasteiger partial charge is 0.267 e. The van der Waals surface area contributed by atoms with Crippen molar-refractivity contribution in [2.45, 2.75) is 39.7 Å². The highest BCUT2D eigenvalue weighted by molar-refractivity contribution is 5.75. The van der Waals surface area contributed by atoms with Gasteiger partial charge in [-0.2, -0.15) is 5.10 Å². The monoisotopic (exact) mass is 204 g/mol. The van der Waals surface area contributed by atoms with Gasteiger partial charge in [0, 0.05) is 6.04 Å². The summed E-state index contributed by atoms with van der Waals surface area (Å²) >= 11 is 0. The van der Waals surface area contributed by atoms with Crippen molar-refractivity contribution in [2.75, 3.05) is 0 Å². The first kappa shape index (κ1) is 10.1. The maximum Gasteiger partial charge on any atom is 0.133 e. The molecule has 0 atom stereocenters. The fraction of sp³-hybridized carbons (Fsp3) is 0.545. The number of rotatable bonds is 2. The fourth-order valence-electron chi connectivity index (χ4n) is 1.56. The third-order valence-electron chi connectivity index (χ3n) is 2.42. The van der Waals surface area contributed by atoms with Crippen molar-refractivity contribution in [3.05, 3.63) is 18.2 Å². The predicted molar refractivity (Wildman–Crippen MR) is 59.8 cm³/mol. The van der Waals surface area contributed by atoms with Crippen molar-refractivity contribution in [3.63, 3.8) is 0 Å². The summed E-state index contributed by atoms with van der Waals surface area (Å²) in [7, 11) is 0. The highest BCUT2D eigenvalue weighted by atomic mass is 15.3. The van der Waals surface area contributed by atoms with Crippen LogP contribution in [0.2, 0.25) is 0 Å². The van der Waals surface area contributed by atoms with E-state index in [0.717, 1.165) is 16.7 Å². The van der Waals surface area contributed by atoms with Crippen molar-refractivity contribution in [1.82, 2.24) is 19.7 Å². The van der Waals surface area contributed by atoms with Crippen LogP contribution in [-0.4, -0.2) is 19.7 Å². The zero-order chi connectivity index (χ0) is 11.0. The number of fused-ring (bicyclic) bond motifs is 1. The lowest BCUT2D eigenvalue weighted by Gasteiger charge is -2.04. The first-order valence-electron chi connectivity index (χ1n) is 5.29. The second-order valence-electron chi connectivity index (χ2n) is 4.35. The van der Waals surface area contributed by atoms with Crippen LogP contribution in [-0.2, 0) is 0 Å². The zero-order valence-corrected chi connectivity index (χ0v) is 9.60. The molecule has 80 valence electrons. The molecular weight excluding hydrogens is 188 g/mol. The van der Waals surface area contributed by atoms with Crippen molar-refractivity contribution in [2.24, 2.45) is 0 Å². The molecule has 0 saturated heterocycles. The van der Waals surface area contributed by atoms with Gasteiger partial charge in [-0.3, -0.25) is 4.68 Å². The van der Waals surface area contributed by atoms with Crippen molar-refractivity contribution >= 4 is 11.0 Å². The standard InChI is InChI=1S/C11H16N4/c1-7(2)10-11-9(12-6-13-10)5-15(14-11)8(3)4/h5-8H,1-4H3. The molecule has 2 heterocycles. The van der Waals surface area contributed by atoms with E-state index in [2.05, 4.69) is 42.8 Å². The van der Waals surface area contributed by atoms with Crippen LogP contribution in [0.1, 0.15) is 45.3 Å². The van der Waals surface area contributed by atoms with Crippen LogP contribution >= 0.6 is 0 Å². The Bertz CT molecular complexity index is 470. The topological polar surface area (TPSA) is 43.6 Å². The van der Waals surface area contributed by atoms with Gasteiger partial charge < -0.3 is 0 Å². The van der Waals surface area contributed by atoms with E-state index in [1.54, 1.807) is 6.33 Å². The fourth-order valence-corrected chi connectivity index (χ4v) is 1.56.